The molecule has 3 rings (SSSR count). The summed E-state index contributed by atoms with van der Waals surface area (Å²) in [5.41, 5.74) is 0. The zero-order chi connectivity index (χ0) is 16.7. The number of nitrogens with zero attached hydrogens (tertiary/aromatic N) is 1. The molecule has 23 heavy (non-hydrogen) atoms. The summed E-state index contributed by atoms with van der Waals surface area (Å²) in [5, 5.41) is 0.323. The van der Waals surface area contributed by atoms with Gasteiger partial charge >= 0.3 is 0 Å². The molecule has 3 aliphatic rings. The van der Waals surface area contributed by atoms with Crippen LogP contribution in [0.5, 0.6) is 0 Å². The van der Waals surface area contributed by atoms with Crippen LogP contribution in [0, 0.1) is 11.8 Å². The molecule has 1 aliphatic heterocycles. The van der Waals surface area contributed by atoms with Crippen molar-refractivity contribution in [2.45, 2.75) is 83.2 Å². The summed E-state index contributed by atoms with van der Waals surface area (Å²) in [6, 6.07) is 0.797. The molecule has 134 valence electrons. The average molecular weight is 340 g/mol. The second-order valence-corrected chi connectivity index (χ2v) is 14.2. The van der Waals surface area contributed by atoms with Crippen LogP contribution in [0.1, 0.15) is 52.9 Å². The summed E-state index contributed by atoms with van der Waals surface area (Å²) < 4.78 is 12.4. The van der Waals surface area contributed by atoms with Crippen LogP contribution in [0.2, 0.25) is 18.1 Å². The molecule has 2 saturated carbocycles. The third-order valence-electron chi connectivity index (χ3n) is 7.11. The second-order valence-electron chi connectivity index (χ2n) is 9.47. The fourth-order valence-electron chi connectivity index (χ4n) is 4.78. The molecule has 0 aromatic rings. The van der Waals surface area contributed by atoms with Gasteiger partial charge in [0.2, 0.25) is 0 Å². The van der Waals surface area contributed by atoms with Crippen molar-refractivity contribution in [3.63, 3.8) is 0 Å². The molecule has 0 bridgehead atoms. The molecule has 0 aromatic heterocycles. The quantitative estimate of drug-likeness (QED) is 0.716. The predicted octanol–water partition coefficient (Wildman–Crippen LogP) is 4.29. The molecule has 0 aromatic carbocycles. The molecule has 2 aliphatic carbocycles. The predicted molar refractivity (Wildman–Crippen MR) is 98.3 cm³/mol. The standard InChI is InChI=1S/C19H37NO2Si/c1-19(2,3)23(4,5)22-18-10-9-15-16(18)7-6-8-17(15)20-11-13-21-14-12-20/h15-18H,6-14H2,1-5H3/t15?,16?,17?,18-/m0/s1. The van der Waals surface area contributed by atoms with Crippen molar-refractivity contribution in [1.29, 1.82) is 0 Å². The fourth-order valence-corrected chi connectivity index (χ4v) is 6.18. The van der Waals surface area contributed by atoms with Gasteiger partial charge in [-0.1, -0.05) is 27.2 Å². The van der Waals surface area contributed by atoms with Crippen LogP contribution in [0.4, 0.5) is 0 Å². The van der Waals surface area contributed by atoms with Crippen molar-refractivity contribution in [1.82, 2.24) is 4.90 Å². The summed E-state index contributed by atoms with van der Waals surface area (Å²) in [5.74, 6) is 1.68. The van der Waals surface area contributed by atoms with Crippen LogP contribution in [0.15, 0.2) is 0 Å². The summed E-state index contributed by atoms with van der Waals surface area (Å²) >= 11 is 0. The molecule has 0 amide bonds. The molecule has 0 radical (unpaired) electrons. The lowest BCUT2D eigenvalue weighted by molar-refractivity contribution is -0.0221. The zero-order valence-corrected chi connectivity index (χ0v) is 16.9. The van der Waals surface area contributed by atoms with Crippen molar-refractivity contribution in [3.8, 4) is 0 Å². The fraction of sp³-hybridized carbons (Fsp3) is 1.00. The van der Waals surface area contributed by atoms with E-state index in [0.29, 0.717) is 11.1 Å². The summed E-state index contributed by atoms with van der Waals surface area (Å²) in [6.07, 6.45) is 7.39. The van der Waals surface area contributed by atoms with E-state index in [1.54, 1.807) is 0 Å². The first-order valence-corrected chi connectivity index (χ1v) is 12.7. The Morgan fingerprint density at radius 2 is 1.65 bits per heavy atom. The molecule has 1 heterocycles. The van der Waals surface area contributed by atoms with E-state index < -0.39 is 8.32 Å². The minimum Gasteiger partial charge on any atom is -0.414 e. The topological polar surface area (TPSA) is 21.7 Å². The SMILES string of the molecule is CC(C)(C)[Si](C)(C)O[C@H]1CCC2C1CCCC2N1CCOCC1. The highest BCUT2D eigenvalue weighted by Gasteiger charge is 2.48. The van der Waals surface area contributed by atoms with Crippen LogP contribution >= 0.6 is 0 Å². The van der Waals surface area contributed by atoms with Gasteiger partial charge in [0.15, 0.2) is 8.32 Å². The largest absolute Gasteiger partial charge is 0.414 e. The number of fused-ring (bicyclic) bond motifs is 1. The Balaban J connectivity index is 1.66. The average Bonchev–Trinajstić information content (AvgIpc) is 2.89. The lowest BCUT2D eigenvalue weighted by Crippen LogP contribution is -2.51. The van der Waals surface area contributed by atoms with E-state index in [4.69, 9.17) is 9.16 Å². The maximum absolute atomic E-state index is 6.86. The van der Waals surface area contributed by atoms with Gasteiger partial charge in [-0.15, -0.1) is 0 Å². The van der Waals surface area contributed by atoms with Gasteiger partial charge in [-0.05, 0) is 55.7 Å². The molecule has 3 unspecified atom stereocenters. The van der Waals surface area contributed by atoms with E-state index in [2.05, 4.69) is 38.8 Å². The monoisotopic (exact) mass is 339 g/mol. The van der Waals surface area contributed by atoms with Gasteiger partial charge in [-0.2, -0.15) is 0 Å². The maximum Gasteiger partial charge on any atom is 0.192 e. The van der Waals surface area contributed by atoms with Crippen LogP contribution in [0.25, 0.3) is 0 Å². The van der Waals surface area contributed by atoms with Crippen LogP contribution < -0.4 is 0 Å². The van der Waals surface area contributed by atoms with Crippen molar-refractivity contribution in [3.05, 3.63) is 0 Å². The Morgan fingerprint density at radius 3 is 2.30 bits per heavy atom. The molecule has 0 N–H and O–H groups in total. The number of morpholine rings is 1. The lowest BCUT2D eigenvalue weighted by atomic mass is 9.76. The highest BCUT2D eigenvalue weighted by atomic mass is 28.4. The van der Waals surface area contributed by atoms with Gasteiger partial charge in [0.05, 0.1) is 13.2 Å². The first-order valence-electron chi connectivity index (χ1n) is 9.79. The summed E-state index contributed by atoms with van der Waals surface area (Å²) in [7, 11) is -1.64. The molecule has 4 heteroatoms. The number of rotatable bonds is 3. The smallest absolute Gasteiger partial charge is 0.192 e. The Hall–Kier alpha value is 0.0969. The van der Waals surface area contributed by atoms with E-state index >= 15 is 0 Å². The first kappa shape index (κ1) is 17.9. The van der Waals surface area contributed by atoms with Gasteiger partial charge in [-0.3, -0.25) is 4.90 Å². The Morgan fingerprint density at radius 1 is 0.957 bits per heavy atom. The van der Waals surface area contributed by atoms with Gasteiger partial charge in [0.25, 0.3) is 0 Å². The van der Waals surface area contributed by atoms with Crippen molar-refractivity contribution >= 4 is 8.32 Å². The molecular weight excluding hydrogens is 302 g/mol. The maximum atomic E-state index is 6.86. The van der Waals surface area contributed by atoms with E-state index in [0.717, 1.165) is 44.2 Å². The second kappa shape index (κ2) is 6.78. The molecule has 3 nitrogen and oxygen atoms in total. The molecule has 3 fully saturated rings. The Bertz CT molecular complexity index is 401. The minimum absolute atomic E-state index is 0.323. The van der Waals surface area contributed by atoms with Crippen molar-refractivity contribution in [2.24, 2.45) is 11.8 Å². The number of ether oxygens (including phenoxy) is 1. The third-order valence-corrected chi connectivity index (χ3v) is 11.6. The molecular formula is C19H37NO2Si. The van der Waals surface area contributed by atoms with E-state index in [9.17, 15) is 0 Å². The van der Waals surface area contributed by atoms with E-state index in [1.165, 1.54) is 32.1 Å². The minimum atomic E-state index is -1.64. The van der Waals surface area contributed by atoms with Crippen LogP contribution in [-0.2, 0) is 9.16 Å². The first-order chi connectivity index (χ1) is 10.8. The third kappa shape index (κ3) is 3.70. The van der Waals surface area contributed by atoms with Crippen LogP contribution in [0.3, 0.4) is 0 Å². The van der Waals surface area contributed by atoms with Crippen molar-refractivity contribution in [2.75, 3.05) is 26.3 Å². The van der Waals surface area contributed by atoms with E-state index in [1.807, 2.05) is 0 Å². The van der Waals surface area contributed by atoms with Gasteiger partial charge < -0.3 is 9.16 Å². The normalized spacial score (nSPS) is 36.9. The summed E-state index contributed by atoms with van der Waals surface area (Å²) in [6.45, 7) is 16.1. The Labute approximate surface area is 144 Å². The molecule has 0 spiro atoms. The molecule has 4 atom stereocenters. The Kier molecular flexibility index (Phi) is 5.28. The lowest BCUT2D eigenvalue weighted by Gasteiger charge is -2.45. The van der Waals surface area contributed by atoms with Crippen LogP contribution in [-0.4, -0.2) is 51.7 Å². The zero-order valence-electron chi connectivity index (χ0n) is 15.9. The van der Waals surface area contributed by atoms with Gasteiger partial charge in [-0.25, -0.2) is 0 Å². The number of hydrogen-bond acceptors (Lipinski definition) is 3. The highest BCUT2D eigenvalue weighted by molar-refractivity contribution is 6.74. The van der Waals surface area contributed by atoms with Gasteiger partial charge in [0, 0.05) is 25.2 Å². The summed E-state index contributed by atoms with van der Waals surface area (Å²) in [4.78, 5) is 2.73. The number of hydrogen-bond donors (Lipinski definition) is 0. The van der Waals surface area contributed by atoms with E-state index in [-0.39, 0.29) is 0 Å². The molecule has 1 saturated heterocycles. The van der Waals surface area contributed by atoms with Crippen molar-refractivity contribution < 1.29 is 9.16 Å². The van der Waals surface area contributed by atoms with Gasteiger partial charge in [0.1, 0.15) is 0 Å². The highest BCUT2D eigenvalue weighted by Crippen LogP contribution is 2.48.